The molecule has 0 bridgehead atoms. The van der Waals surface area contributed by atoms with Crippen molar-refractivity contribution in [3.8, 4) is 0 Å². The van der Waals surface area contributed by atoms with Gasteiger partial charge in [0.2, 0.25) is 5.56 Å². The molecule has 0 aliphatic carbocycles. The van der Waals surface area contributed by atoms with Gasteiger partial charge in [-0.2, -0.15) is 0 Å². The van der Waals surface area contributed by atoms with Crippen molar-refractivity contribution < 1.29 is 13.6 Å². The van der Waals surface area contributed by atoms with Crippen LogP contribution in [-0.2, 0) is 13.5 Å². The van der Waals surface area contributed by atoms with Crippen LogP contribution in [0.4, 0.5) is 14.5 Å². The highest BCUT2D eigenvalue weighted by Gasteiger charge is 2.09. The SMILES string of the molecule is Cn1cc(NC(=O)c2ccc(Cc3cc(F)cc(F)c3)cn2)ccc1=O. The molecule has 0 spiro atoms. The first kappa shape index (κ1) is 17.5. The van der Waals surface area contributed by atoms with Crippen LogP contribution >= 0.6 is 0 Å². The number of nitrogens with one attached hydrogen (secondary N) is 1. The first-order valence-corrected chi connectivity index (χ1v) is 7.78. The Labute approximate surface area is 147 Å². The van der Waals surface area contributed by atoms with Gasteiger partial charge in [-0.25, -0.2) is 8.78 Å². The zero-order valence-corrected chi connectivity index (χ0v) is 13.9. The van der Waals surface area contributed by atoms with Gasteiger partial charge in [0, 0.05) is 31.6 Å². The summed E-state index contributed by atoms with van der Waals surface area (Å²) in [5.74, 6) is -1.70. The summed E-state index contributed by atoms with van der Waals surface area (Å²) in [6, 6.07) is 9.38. The Hall–Kier alpha value is -3.35. The maximum Gasteiger partial charge on any atom is 0.274 e. The van der Waals surface area contributed by atoms with E-state index < -0.39 is 17.5 Å². The molecule has 3 aromatic rings. The quantitative estimate of drug-likeness (QED) is 0.783. The minimum atomic E-state index is -0.638. The van der Waals surface area contributed by atoms with Crippen LogP contribution in [0, 0.1) is 11.6 Å². The molecule has 26 heavy (non-hydrogen) atoms. The summed E-state index contributed by atoms with van der Waals surface area (Å²) in [5.41, 5.74) is 1.67. The van der Waals surface area contributed by atoms with Crippen LogP contribution in [0.3, 0.4) is 0 Å². The molecule has 0 fully saturated rings. The van der Waals surface area contributed by atoms with Crippen molar-refractivity contribution in [3.05, 3.63) is 93.7 Å². The normalized spacial score (nSPS) is 10.6. The van der Waals surface area contributed by atoms with Gasteiger partial charge in [-0.15, -0.1) is 0 Å². The summed E-state index contributed by atoms with van der Waals surface area (Å²) in [6.07, 6.45) is 3.29. The number of nitrogens with zero attached hydrogens (tertiary/aromatic N) is 2. The zero-order chi connectivity index (χ0) is 18.7. The molecule has 1 amide bonds. The zero-order valence-electron chi connectivity index (χ0n) is 13.9. The molecule has 0 saturated heterocycles. The van der Waals surface area contributed by atoms with Crippen molar-refractivity contribution in [1.29, 1.82) is 0 Å². The molecule has 0 aliphatic heterocycles. The number of rotatable bonds is 4. The number of aryl methyl sites for hydroxylation is 1. The highest BCUT2D eigenvalue weighted by atomic mass is 19.1. The smallest absolute Gasteiger partial charge is 0.274 e. The van der Waals surface area contributed by atoms with Crippen molar-refractivity contribution in [2.45, 2.75) is 6.42 Å². The molecule has 1 N–H and O–H groups in total. The number of hydrogen-bond acceptors (Lipinski definition) is 3. The maximum atomic E-state index is 13.2. The minimum absolute atomic E-state index is 0.181. The number of carbonyl (C=O) groups is 1. The van der Waals surface area contributed by atoms with E-state index in [4.69, 9.17) is 0 Å². The molecule has 0 saturated carbocycles. The lowest BCUT2D eigenvalue weighted by Gasteiger charge is -2.07. The number of halogens is 2. The van der Waals surface area contributed by atoms with Gasteiger partial charge in [0.25, 0.3) is 5.91 Å². The highest BCUT2D eigenvalue weighted by Crippen LogP contribution is 2.13. The molecule has 7 heteroatoms. The summed E-state index contributed by atoms with van der Waals surface area (Å²) in [5, 5.41) is 2.65. The van der Waals surface area contributed by atoms with Gasteiger partial charge in [0.15, 0.2) is 0 Å². The van der Waals surface area contributed by atoms with Gasteiger partial charge in [0.1, 0.15) is 17.3 Å². The van der Waals surface area contributed by atoms with Crippen LogP contribution in [0.25, 0.3) is 0 Å². The number of benzene rings is 1. The van der Waals surface area contributed by atoms with Crippen molar-refractivity contribution in [1.82, 2.24) is 9.55 Å². The summed E-state index contributed by atoms with van der Waals surface area (Å²) in [7, 11) is 1.58. The lowest BCUT2D eigenvalue weighted by Crippen LogP contribution is -2.18. The third-order valence-corrected chi connectivity index (χ3v) is 3.73. The summed E-state index contributed by atoms with van der Waals surface area (Å²) in [6.45, 7) is 0. The van der Waals surface area contributed by atoms with E-state index in [1.807, 2.05) is 0 Å². The molecule has 0 radical (unpaired) electrons. The average Bonchev–Trinajstić information content (AvgIpc) is 2.58. The van der Waals surface area contributed by atoms with Crippen LogP contribution < -0.4 is 10.9 Å². The molecule has 132 valence electrons. The van der Waals surface area contributed by atoms with Gasteiger partial charge in [0.05, 0.1) is 5.69 Å². The van der Waals surface area contributed by atoms with Crippen LogP contribution in [0.1, 0.15) is 21.6 Å². The number of pyridine rings is 2. The Kier molecular flexibility index (Phi) is 4.88. The predicted octanol–water partition coefficient (Wildman–Crippen LogP) is 2.90. The van der Waals surface area contributed by atoms with Gasteiger partial charge in [-0.3, -0.25) is 14.6 Å². The number of hydrogen-bond donors (Lipinski definition) is 1. The third-order valence-electron chi connectivity index (χ3n) is 3.73. The predicted molar refractivity (Wildman–Crippen MR) is 93.0 cm³/mol. The van der Waals surface area contributed by atoms with Crippen molar-refractivity contribution in [3.63, 3.8) is 0 Å². The van der Waals surface area contributed by atoms with Crippen LogP contribution in [-0.4, -0.2) is 15.5 Å². The van der Waals surface area contributed by atoms with E-state index in [0.717, 1.165) is 6.07 Å². The maximum absolute atomic E-state index is 13.2. The lowest BCUT2D eigenvalue weighted by molar-refractivity contribution is 0.102. The van der Waals surface area contributed by atoms with E-state index in [0.29, 0.717) is 23.2 Å². The van der Waals surface area contributed by atoms with Gasteiger partial charge in [-0.1, -0.05) is 6.07 Å². The molecule has 5 nitrogen and oxygen atoms in total. The van der Waals surface area contributed by atoms with Gasteiger partial charge >= 0.3 is 0 Å². The topological polar surface area (TPSA) is 64.0 Å². The Morgan fingerprint density at radius 1 is 1.08 bits per heavy atom. The van der Waals surface area contributed by atoms with Gasteiger partial charge in [-0.05, 0) is 41.8 Å². The van der Waals surface area contributed by atoms with Crippen LogP contribution in [0.15, 0.2) is 59.7 Å². The Balaban J connectivity index is 1.71. The van der Waals surface area contributed by atoms with E-state index in [-0.39, 0.29) is 11.3 Å². The molecule has 0 unspecified atom stereocenters. The monoisotopic (exact) mass is 355 g/mol. The summed E-state index contributed by atoms with van der Waals surface area (Å²) in [4.78, 5) is 27.6. The molecule has 2 heterocycles. The summed E-state index contributed by atoms with van der Waals surface area (Å²) < 4.78 is 27.8. The van der Waals surface area contributed by atoms with Crippen LogP contribution in [0.5, 0.6) is 0 Å². The Bertz CT molecular complexity index is 994. The second kappa shape index (κ2) is 7.26. The average molecular weight is 355 g/mol. The van der Waals surface area contributed by atoms with Crippen molar-refractivity contribution >= 4 is 11.6 Å². The van der Waals surface area contributed by atoms with Gasteiger partial charge < -0.3 is 9.88 Å². The molecular formula is C19H15F2N3O2. The van der Waals surface area contributed by atoms with E-state index in [1.54, 1.807) is 13.1 Å². The molecule has 1 aromatic carbocycles. The number of aromatic nitrogens is 2. The second-order valence-electron chi connectivity index (χ2n) is 5.83. The third kappa shape index (κ3) is 4.18. The van der Waals surface area contributed by atoms with E-state index in [2.05, 4.69) is 10.3 Å². The van der Waals surface area contributed by atoms with Crippen molar-refractivity contribution in [2.75, 3.05) is 5.32 Å². The Morgan fingerprint density at radius 3 is 2.42 bits per heavy atom. The van der Waals surface area contributed by atoms with Crippen LogP contribution in [0.2, 0.25) is 0 Å². The molecule has 0 aliphatic rings. The first-order valence-electron chi connectivity index (χ1n) is 7.78. The molecule has 3 rings (SSSR count). The first-order chi connectivity index (χ1) is 12.4. The number of amides is 1. The second-order valence-corrected chi connectivity index (χ2v) is 5.83. The molecule has 0 atom stereocenters. The molecule has 2 aromatic heterocycles. The van der Waals surface area contributed by atoms with E-state index in [9.17, 15) is 18.4 Å². The number of anilines is 1. The fraction of sp³-hybridized carbons (Fsp3) is 0.105. The minimum Gasteiger partial charge on any atom is -0.319 e. The Morgan fingerprint density at radius 2 is 1.81 bits per heavy atom. The largest absolute Gasteiger partial charge is 0.319 e. The van der Waals surface area contributed by atoms with E-state index in [1.165, 1.54) is 47.3 Å². The number of carbonyl (C=O) groups excluding carboxylic acids is 1. The fourth-order valence-corrected chi connectivity index (χ4v) is 2.48. The fourth-order valence-electron chi connectivity index (χ4n) is 2.48. The lowest BCUT2D eigenvalue weighted by atomic mass is 10.1. The molecular weight excluding hydrogens is 340 g/mol. The van der Waals surface area contributed by atoms with Crippen molar-refractivity contribution in [2.24, 2.45) is 7.05 Å². The summed E-state index contributed by atoms with van der Waals surface area (Å²) >= 11 is 0. The standard InChI is InChI=1S/C19H15F2N3O2/c1-24-11-16(3-5-18(24)25)23-19(26)17-4-2-12(10-22-17)6-13-7-14(20)9-15(21)8-13/h2-5,7-11H,6H2,1H3,(H,23,26). The van der Waals surface area contributed by atoms with E-state index >= 15 is 0 Å². The highest BCUT2D eigenvalue weighted by molar-refractivity contribution is 6.02.